The van der Waals surface area contributed by atoms with Crippen LogP contribution in [0.1, 0.15) is 27.4 Å². The third kappa shape index (κ3) is 2.39. The van der Waals surface area contributed by atoms with Gasteiger partial charge in [-0.05, 0) is 25.5 Å². The van der Waals surface area contributed by atoms with Gasteiger partial charge in [0.1, 0.15) is 0 Å². The van der Waals surface area contributed by atoms with Crippen molar-refractivity contribution < 1.29 is 9.32 Å². The standard InChI is InChI=1S/C13H12ClNO2/c1-8-9(2)15-17-13(8)12(16)7-10-5-3-4-6-11(10)14/h3-6H,7H2,1-2H3. The SMILES string of the molecule is Cc1noc(C(=O)Cc2ccccc2Cl)c1C. The topological polar surface area (TPSA) is 43.1 Å². The second-order valence-corrected chi connectivity index (χ2v) is 4.32. The molecule has 2 aromatic rings. The van der Waals surface area contributed by atoms with Gasteiger partial charge < -0.3 is 4.52 Å². The van der Waals surface area contributed by atoms with Crippen LogP contribution in [-0.2, 0) is 6.42 Å². The molecule has 1 heterocycles. The summed E-state index contributed by atoms with van der Waals surface area (Å²) >= 11 is 6.00. The summed E-state index contributed by atoms with van der Waals surface area (Å²) in [6.07, 6.45) is 0.231. The molecule has 1 aromatic carbocycles. The fraction of sp³-hybridized carbons (Fsp3) is 0.231. The van der Waals surface area contributed by atoms with Gasteiger partial charge in [0, 0.05) is 17.0 Å². The first kappa shape index (κ1) is 11.9. The maximum Gasteiger partial charge on any atom is 0.205 e. The fourth-order valence-corrected chi connectivity index (χ4v) is 1.77. The molecule has 2 rings (SSSR count). The maximum atomic E-state index is 12.0. The Morgan fingerprint density at radius 2 is 2.06 bits per heavy atom. The van der Waals surface area contributed by atoms with E-state index in [1.165, 1.54) is 0 Å². The Hall–Kier alpha value is -1.61. The molecule has 0 radical (unpaired) electrons. The van der Waals surface area contributed by atoms with E-state index in [2.05, 4.69) is 5.16 Å². The van der Waals surface area contributed by atoms with Gasteiger partial charge in [0.05, 0.1) is 5.69 Å². The zero-order valence-corrected chi connectivity index (χ0v) is 10.4. The number of rotatable bonds is 3. The number of hydrogen-bond acceptors (Lipinski definition) is 3. The van der Waals surface area contributed by atoms with E-state index >= 15 is 0 Å². The normalized spacial score (nSPS) is 10.5. The van der Waals surface area contributed by atoms with E-state index in [0.29, 0.717) is 10.8 Å². The van der Waals surface area contributed by atoms with Crippen LogP contribution in [0.2, 0.25) is 5.02 Å². The van der Waals surface area contributed by atoms with Crippen molar-refractivity contribution in [2.45, 2.75) is 20.3 Å². The lowest BCUT2D eigenvalue weighted by atomic mass is 10.1. The molecule has 0 bridgehead atoms. The molecule has 0 fully saturated rings. The van der Waals surface area contributed by atoms with Crippen molar-refractivity contribution in [2.75, 3.05) is 0 Å². The molecule has 0 amide bonds. The summed E-state index contributed by atoms with van der Waals surface area (Å²) in [4.78, 5) is 12.0. The number of halogens is 1. The molecule has 0 aliphatic rings. The van der Waals surface area contributed by atoms with Crippen molar-refractivity contribution in [3.63, 3.8) is 0 Å². The largest absolute Gasteiger partial charge is 0.353 e. The van der Waals surface area contributed by atoms with Crippen LogP contribution in [0.3, 0.4) is 0 Å². The van der Waals surface area contributed by atoms with Crippen LogP contribution in [0.15, 0.2) is 28.8 Å². The zero-order valence-electron chi connectivity index (χ0n) is 9.66. The van der Waals surface area contributed by atoms with E-state index in [9.17, 15) is 4.79 Å². The average Bonchev–Trinajstić information content (AvgIpc) is 2.63. The molecule has 0 N–H and O–H groups in total. The highest BCUT2D eigenvalue weighted by Gasteiger charge is 2.18. The Bertz CT molecular complexity index is 560. The van der Waals surface area contributed by atoms with Crippen molar-refractivity contribution in [2.24, 2.45) is 0 Å². The minimum Gasteiger partial charge on any atom is -0.353 e. The molecule has 17 heavy (non-hydrogen) atoms. The number of carbonyl (C=O) groups excluding carboxylic acids is 1. The summed E-state index contributed by atoms with van der Waals surface area (Å²) in [5.41, 5.74) is 2.34. The number of nitrogens with zero attached hydrogens (tertiary/aromatic N) is 1. The minimum absolute atomic E-state index is 0.101. The van der Waals surface area contributed by atoms with E-state index < -0.39 is 0 Å². The first-order chi connectivity index (χ1) is 8.09. The molecule has 0 aliphatic carbocycles. The quantitative estimate of drug-likeness (QED) is 0.784. The zero-order chi connectivity index (χ0) is 12.4. The lowest BCUT2D eigenvalue weighted by Crippen LogP contribution is -2.04. The fourth-order valence-electron chi connectivity index (χ4n) is 1.57. The summed E-state index contributed by atoms with van der Waals surface area (Å²) in [5, 5.41) is 4.36. The lowest BCUT2D eigenvalue weighted by molar-refractivity contribution is 0.0956. The van der Waals surface area contributed by atoms with Crippen LogP contribution in [0, 0.1) is 13.8 Å². The molecule has 0 saturated heterocycles. The summed E-state index contributed by atoms with van der Waals surface area (Å²) < 4.78 is 5.03. The van der Waals surface area contributed by atoms with Crippen molar-refractivity contribution in [1.29, 1.82) is 0 Å². The summed E-state index contributed by atoms with van der Waals surface area (Å²) in [5.74, 6) is 0.221. The van der Waals surface area contributed by atoms with E-state index in [0.717, 1.165) is 16.8 Å². The second-order valence-electron chi connectivity index (χ2n) is 3.91. The summed E-state index contributed by atoms with van der Waals surface area (Å²) in [6, 6.07) is 7.29. The third-order valence-electron chi connectivity index (χ3n) is 2.72. The van der Waals surface area contributed by atoms with Gasteiger partial charge in [-0.3, -0.25) is 4.79 Å². The maximum absolute atomic E-state index is 12.0. The second kappa shape index (κ2) is 4.72. The minimum atomic E-state index is -0.101. The van der Waals surface area contributed by atoms with E-state index in [1.54, 1.807) is 6.07 Å². The molecule has 0 unspecified atom stereocenters. The van der Waals surface area contributed by atoms with E-state index in [4.69, 9.17) is 16.1 Å². The van der Waals surface area contributed by atoms with Gasteiger partial charge in [-0.25, -0.2) is 0 Å². The first-order valence-corrected chi connectivity index (χ1v) is 5.67. The predicted octanol–water partition coefficient (Wildman–Crippen LogP) is 3.37. The monoisotopic (exact) mass is 249 g/mol. The number of ketones is 1. The Labute approximate surface area is 104 Å². The molecule has 0 atom stereocenters. The predicted molar refractivity (Wildman–Crippen MR) is 65.5 cm³/mol. The molecule has 0 aliphatic heterocycles. The highest BCUT2D eigenvalue weighted by Crippen LogP contribution is 2.19. The Morgan fingerprint density at radius 3 is 2.65 bits per heavy atom. The molecule has 4 heteroatoms. The van der Waals surface area contributed by atoms with Crippen LogP contribution in [0.4, 0.5) is 0 Å². The van der Waals surface area contributed by atoms with Crippen molar-refractivity contribution in [3.05, 3.63) is 51.9 Å². The number of hydrogen-bond donors (Lipinski definition) is 0. The first-order valence-electron chi connectivity index (χ1n) is 5.29. The van der Waals surface area contributed by atoms with Gasteiger partial charge in [0.2, 0.25) is 11.5 Å². The molecule has 0 spiro atoms. The average molecular weight is 250 g/mol. The smallest absolute Gasteiger partial charge is 0.205 e. The van der Waals surface area contributed by atoms with Crippen LogP contribution in [0.25, 0.3) is 0 Å². The van der Waals surface area contributed by atoms with Crippen LogP contribution < -0.4 is 0 Å². The lowest BCUT2D eigenvalue weighted by Gasteiger charge is -2.01. The molecule has 3 nitrogen and oxygen atoms in total. The number of aryl methyl sites for hydroxylation is 1. The highest BCUT2D eigenvalue weighted by atomic mass is 35.5. The van der Waals surface area contributed by atoms with E-state index in [1.807, 2.05) is 32.0 Å². The highest BCUT2D eigenvalue weighted by molar-refractivity contribution is 6.31. The molecule has 1 aromatic heterocycles. The van der Waals surface area contributed by atoms with Gasteiger partial charge in [-0.1, -0.05) is 35.0 Å². The van der Waals surface area contributed by atoms with E-state index in [-0.39, 0.29) is 12.2 Å². The van der Waals surface area contributed by atoms with Gasteiger partial charge >= 0.3 is 0 Å². The number of carbonyl (C=O) groups is 1. The van der Waals surface area contributed by atoms with Gasteiger partial charge in [-0.2, -0.15) is 0 Å². The van der Waals surface area contributed by atoms with Gasteiger partial charge in [0.15, 0.2) is 0 Å². The Balaban J connectivity index is 2.23. The molecular weight excluding hydrogens is 238 g/mol. The molecule has 0 saturated carbocycles. The Kier molecular flexibility index (Phi) is 3.29. The van der Waals surface area contributed by atoms with Crippen LogP contribution >= 0.6 is 11.6 Å². The van der Waals surface area contributed by atoms with Crippen molar-refractivity contribution in [3.8, 4) is 0 Å². The summed E-state index contributed by atoms with van der Waals surface area (Å²) in [6.45, 7) is 3.64. The van der Waals surface area contributed by atoms with Crippen LogP contribution in [0.5, 0.6) is 0 Å². The Morgan fingerprint density at radius 1 is 1.35 bits per heavy atom. The third-order valence-corrected chi connectivity index (χ3v) is 3.09. The number of aromatic nitrogens is 1. The van der Waals surface area contributed by atoms with Gasteiger partial charge in [-0.15, -0.1) is 0 Å². The molecular formula is C13H12ClNO2. The van der Waals surface area contributed by atoms with Crippen LogP contribution in [-0.4, -0.2) is 10.9 Å². The summed E-state index contributed by atoms with van der Waals surface area (Å²) in [7, 11) is 0. The number of Topliss-reactive ketones (excluding diaryl/α,β-unsaturated/α-hetero) is 1. The van der Waals surface area contributed by atoms with Crippen molar-refractivity contribution >= 4 is 17.4 Å². The number of benzene rings is 1. The van der Waals surface area contributed by atoms with Crippen molar-refractivity contribution in [1.82, 2.24) is 5.16 Å². The van der Waals surface area contributed by atoms with Gasteiger partial charge in [0.25, 0.3) is 0 Å². The molecule has 88 valence electrons.